The zero-order valence-corrected chi connectivity index (χ0v) is 16.7. The number of carbonyl (C=O) groups is 1. The Balaban J connectivity index is 1.32. The second-order valence-electron chi connectivity index (χ2n) is 8.18. The number of rotatable bonds is 4. The van der Waals surface area contributed by atoms with E-state index in [1.165, 1.54) is 6.07 Å². The van der Waals surface area contributed by atoms with Gasteiger partial charge in [0, 0.05) is 44.7 Å². The SMILES string of the molecule is CC(=O)N1C[C@H]2CN(Cc3cc(-c4ccccn4)no3)C[C@H]2[C@H]1c1cccc(F)c1. The van der Waals surface area contributed by atoms with Crippen LogP contribution >= 0.6 is 0 Å². The molecule has 6 nitrogen and oxygen atoms in total. The first-order valence-corrected chi connectivity index (χ1v) is 10.2. The van der Waals surface area contributed by atoms with Gasteiger partial charge >= 0.3 is 0 Å². The average molecular weight is 406 g/mol. The highest BCUT2D eigenvalue weighted by atomic mass is 19.1. The Morgan fingerprint density at radius 1 is 1.13 bits per heavy atom. The van der Waals surface area contributed by atoms with E-state index < -0.39 is 0 Å². The number of nitrogens with zero attached hydrogens (tertiary/aromatic N) is 4. The minimum absolute atomic E-state index is 0.0421. The number of fused-ring (bicyclic) bond motifs is 1. The number of aromatic nitrogens is 2. The van der Waals surface area contributed by atoms with E-state index in [0.717, 1.165) is 35.8 Å². The molecule has 7 heteroatoms. The van der Waals surface area contributed by atoms with Crippen molar-refractivity contribution >= 4 is 5.91 Å². The molecule has 2 aliphatic heterocycles. The molecule has 0 spiro atoms. The molecule has 0 aliphatic carbocycles. The van der Waals surface area contributed by atoms with Gasteiger partial charge in [-0.15, -0.1) is 0 Å². The Kier molecular flexibility index (Phi) is 4.83. The number of likely N-dealkylation sites (tertiary alicyclic amines) is 2. The van der Waals surface area contributed by atoms with Crippen molar-refractivity contribution in [1.29, 1.82) is 0 Å². The summed E-state index contributed by atoms with van der Waals surface area (Å²) in [4.78, 5) is 20.8. The smallest absolute Gasteiger partial charge is 0.219 e. The summed E-state index contributed by atoms with van der Waals surface area (Å²) in [6.07, 6.45) is 1.73. The van der Waals surface area contributed by atoms with Crippen molar-refractivity contribution < 1.29 is 13.7 Å². The molecule has 0 saturated carbocycles. The fraction of sp³-hybridized carbons (Fsp3) is 0.348. The number of hydrogen-bond acceptors (Lipinski definition) is 5. The lowest BCUT2D eigenvalue weighted by Crippen LogP contribution is -2.34. The lowest BCUT2D eigenvalue weighted by atomic mass is 9.89. The predicted molar refractivity (Wildman–Crippen MR) is 109 cm³/mol. The van der Waals surface area contributed by atoms with Crippen molar-refractivity contribution in [2.24, 2.45) is 11.8 Å². The molecule has 4 heterocycles. The minimum atomic E-state index is -0.266. The summed E-state index contributed by atoms with van der Waals surface area (Å²) in [5.74, 6) is 1.20. The first kappa shape index (κ1) is 18.9. The third-order valence-electron chi connectivity index (χ3n) is 6.20. The molecule has 1 amide bonds. The molecule has 154 valence electrons. The van der Waals surface area contributed by atoms with Gasteiger partial charge < -0.3 is 9.42 Å². The van der Waals surface area contributed by atoms with Crippen LogP contribution in [0.2, 0.25) is 0 Å². The zero-order chi connectivity index (χ0) is 20.7. The molecule has 3 atom stereocenters. The lowest BCUT2D eigenvalue weighted by Gasteiger charge is -2.29. The van der Waals surface area contributed by atoms with Gasteiger partial charge in [0.15, 0.2) is 5.76 Å². The van der Waals surface area contributed by atoms with Crippen LogP contribution in [-0.2, 0) is 11.3 Å². The lowest BCUT2D eigenvalue weighted by molar-refractivity contribution is -0.130. The summed E-state index contributed by atoms with van der Waals surface area (Å²) in [7, 11) is 0. The van der Waals surface area contributed by atoms with E-state index in [-0.39, 0.29) is 23.7 Å². The molecule has 2 aromatic heterocycles. The van der Waals surface area contributed by atoms with Crippen LogP contribution in [0.15, 0.2) is 59.3 Å². The third-order valence-corrected chi connectivity index (χ3v) is 6.20. The minimum Gasteiger partial charge on any atom is -0.359 e. The van der Waals surface area contributed by atoms with Crippen molar-refractivity contribution in [2.45, 2.75) is 19.5 Å². The van der Waals surface area contributed by atoms with Crippen LogP contribution in [0.5, 0.6) is 0 Å². The molecule has 30 heavy (non-hydrogen) atoms. The van der Waals surface area contributed by atoms with E-state index in [9.17, 15) is 9.18 Å². The molecule has 2 aliphatic rings. The quantitative estimate of drug-likeness (QED) is 0.663. The van der Waals surface area contributed by atoms with E-state index in [1.807, 2.05) is 35.2 Å². The summed E-state index contributed by atoms with van der Waals surface area (Å²) >= 11 is 0. The first-order valence-electron chi connectivity index (χ1n) is 10.2. The van der Waals surface area contributed by atoms with Crippen molar-refractivity contribution in [3.63, 3.8) is 0 Å². The highest BCUT2D eigenvalue weighted by molar-refractivity contribution is 5.74. The normalized spacial score (nSPS) is 23.7. The van der Waals surface area contributed by atoms with Crippen LogP contribution in [0.25, 0.3) is 11.4 Å². The topological polar surface area (TPSA) is 62.5 Å². The molecule has 1 aromatic carbocycles. The molecule has 0 N–H and O–H groups in total. The van der Waals surface area contributed by atoms with Crippen molar-refractivity contribution in [3.05, 3.63) is 71.9 Å². The maximum atomic E-state index is 13.9. The van der Waals surface area contributed by atoms with E-state index >= 15 is 0 Å². The Morgan fingerprint density at radius 3 is 2.80 bits per heavy atom. The third kappa shape index (κ3) is 3.50. The van der Waals surface area contributed by atoms with Gasteiger partial charge in [-0.25, -0.2) is 4.39 Å². The molecule has 0 unspecified atom stereocenters. The van der Waals surface area contributed by atoms with Gasteiger partial charge in [0.25, 0.3) is 0 Å². The zero-order valence-electron chi connectivity index (χ0n) is 16.7. The van der Waals surface area contributed by atoms with Gasteiger partial charge in [0.2, 0.25) is 5.91 Å². The van der Waals surface area contributed by atoms with E-state index in [4.69, 9.17) is 4.52 Å². The van der Waals surface area contributed by atoms with E-state index in [2.05, 4.69) is 15.0 Å². The standard InChI is InChI=1S/C23H23FN4O2/c1-15(29)28-12-17-11-27(14-20(17)23(28)16-5-4-6-18(24)9-16)13-19-10-22(26-30-19)21-7-2-3-8-25-21/h2-10,17,20,23H,11-14H2,1H3/t17-,20-,23-/m1/s1. The van der Waals surface area contributed by atoms with Crippen molar-refractivity contribution in [3.8, 4) is 11.4 Å². The molecule has 3 aromatic rings. The summed E-state index contributed by atoms with van der Waals surface area (Å²) in [6, 6.07) is 14.2. The second-order valence-corrected chi connectivity index (χ2v) is 8.18. The van der Waals surface area contributed by atoms with Gasteiger partial charge in [0.1, 0.15) is 11.5 Å². The number of benzene rings is 1. The number of pyridine rings is 1. The molecular formula is C23H23FN4O2. The fourth-order valence-corrected chi connectivity index (χ4v) is 4.95. The number of halogens is 1. The van der Waals surface area contributed by atoms with Crippen molar-refractivity contribution in [1.82, 2.24) is 19.9 Å². The summed E-state index contributed by atoms with van der Waals surface area (Å²) in [5, 5.41) is 4.15. The Morgan fingerprint density at radius 2 is 2.03 bits per heavy atom. The van der Waals surface area contributed by atoms with Gasteiger partial charge in [-0.3, -0.25) is 14.7 Å². The monoisotopic (exact) mass is 406 g/mol. The second kappa shape index (κ2) is 7.65. The van der Waals surface area contributed by atoms with E-state index in [0.29, 0.717) is 19.0 Å². The summed E-state index contributed by atoms with van der Waals surface area (Å²) in [5.41, 5.74) is 2.39. The number of amides is 1. The molecule has 2 saturated heterocycles. The van der Waals surface area contributed by atoms with Crippen molar-refractivity contribution in [2.75, 3.05) is 19.6 Å². The van der Waals surface area contributed by atoms with E-state index in [1.54, 1.807) is 25.3 Å². The van der Waals surface area contributed by atoms with Crippen LogP contribution < -0.4 is 0 Å². The fourth-order valence-electron chi connectivity index (χ4n) is 4.95. The predicted octanol–water partition coefficient (Wildman–Crippen LogP) is 3.53. The Labute approximate surface area is 174 Å². The van der Waals surface area contributed by atoms with Gasteiger partial charge in [-0.1, -0.05) is 23.4 Å². The van der Waals surface area contributed by atoms with Gasteiger partial charge in [-0.2, -0.15) is 0 Å². The molecule has 5 rings (SSSR count). The van der Waals surface area contributed by atoms with Crippen LogP contribution in [0.4, 0.5) is 4.39 Å². The highest BCUT2D eigenvalue weighted by Gasteiger charge is 2.48. The van der Waals surface area contributed by atoms with Crippen LogP contribution in [-0.4, -0.2) is 45.5 Å². The van der Waals surface area contributed by atoms with Crippen LogP contribution in [0.1, 0.15) is 24.3 Å². The average Bonchev–Trinajstić information content (AvgIpc) is 3.43. The maximum absolute atomic E-state index is 13.9. The van der Waals surface area contributed by atoms with Gasteiger partial charge in [-0.05, 0) is 35.7 Å². The molecular weight excluding hydrogens is 383 g/mol. The number of carbonyl (C=O) groups excluding carboxylic acids is 1. The van der Waals surface area contributed by atoms with Crippen LogP contribution in [0.3, 0.4) is 0 Å². The summed E-state index contributed by atoms with van der Waals surface area (Å²) in [6.45, 7) is 4.66. The first-order chi connectivity index (χ1) is 14.6. The molecule has 2 fully saturated rings. The summed E-state index contributed by atoms with van der Waals surface area (Å²) < 4.78 is 19.4. The highest BCUT2D eigenvalue weighted by Crippen LogP contribution is 2.45. The Hall–Kier alpha value is -3.06. The Bertz CT molecular complexity index is 1050. The number of hydrogen-bond donors (Lipinski definition) is 0. The largest absolute Gasteiger partial charge is 0.359 e. The van der Waals surface area contributed by atoms with Gasteiger partial charge in [0.05, 0.1) is 18.3 Å². The van der Waals surface area contributed by atoms with Crippen LogP contribution in [0, 0.1) is 17.7 Å². The maximum Gasteiger partial charge on any atom is 0.219 e. The molecule has 0 bridgehead atoms. The molecule has 0 radical (unpaired) electrons.